The van der Waals surface area contributed by atoms with Crippen molar-refractivity contribution in [1.82, 2.24) is 36.1 Å². The number of methoxy groups -OCH3 is 1. The van der Waals surface area contributed by atoms with Gasteiger partial charge in [0.1, 0.15) is 5.82 Å². The minimum atomic E-state index is -0.852. The monoisotopic (exact) mass is 533 g/mol. The molecule has 36 heavy (non-hydrogen) atoms. The van der Waals surface area contributed by atoms with E-state index < -0.39 is 23.8 Å². The molecule has 1 atom stereocenters. The SMILES string of the molecule is COc1cc(C(=O)NNC(=O)NC(C)c2ncc(-c3cc(Cl)cc(Cl)c3-n3cccn3)cc2F)on1. The van der Waals surface area contributed by atoms with Crippen LogP contribution in [0.5, 0.6) is 5.88 Å². The topological polar surface area (TPSA) is 136 Å². The van der Waals surface area contributed by atoms with Gasteiger partial charge in [-0.15, -0.1) is 0 Å². The second-order valence-electron chi connectivity index (χ2n) is 7.33. The Balaban J connectivity index is 1.47. The van der Waals surface area contributed by atoms with Crippen molar-refractivity contribution < 1.29 is 23.2 Å². The van der Waals surface area contributed by atoms with Crippen LogP contribution in [0.2, 0.25) is 10.0 Å². The van der Waals surface area contributed by atoms with Crippen LogP contribution >= 0.6 is 23.2 Å². The second kappa shape index (κ2) is 10.6. The van der Waals surface area contributed by atoms with Crippen molar-refractivity contribution in [2.75, 3.05) is 7.11 Å². The van der Waals surface area contributed by atoms with Gasteiger partial charge in [0, 0.05) is 34.7 Å². The van der Waals surface area contributed by atoms with E-state index >= 15 is 4.39 Å². The molecule has 3 heterocycles. The molecule has 0 aliphatic carbocycles. The Morgan fingerprint density at radius 2 is 2.00 bits per heavy atom. The van der Waals surface area contributed by atoms with Crippen LogP contribution in [0.15, 0.2) is 53.4 Å². The van der Waals surface area contributed by atoms with Crippen LogP contribution in [0, 0.1) is 5.82 Å². The maximum atomic E-state index is 15.1. The molecule has 0 aliphatic heterocycles. The van der Waals surface area contributed by atoms with Crippen molar-refractivity contribution in [2.45, 2.75) is 13.0 Å². The molecule has 0 fully saturated rings. The number of amides is 3. The molecule has 0 spiro atoms. The van der Waals surface area contributed by atoms with E-state index in [0.29, 0.717) is 26.9 Å². The van der Waals surface area contributed by atoms with Crippen molar-refractivity contribution in [3.63, 3.8) is 0 Å². The maximum absolute atomic E-state index is 15.1. The smallest absolute Gasteiger partial charge is 0.334 e. The minimum absolute atomic E-state index is 0.0334. The first-order valence-electron chi connectivity index (χ1n) is 10.3. The van der Waals surface area contributed by atoms with Crippen LogP contribution in [-0.4, -0.2) is 39.0 Å². The standard InChI is InChI=1S/C22H18Cl2FN7O4/c1-11(28-22(34)30-29-21(33)17-9-18(35-2)31-36-17)19-16(25)6-12(10-26-19)14-7-13(23)8-15(24)20(14)32-5-3-4-27-32/h3-11H,1-2H3,(H,29,33)(H2,28,30,34). The fourth-order valence-electron chi connectivity index (χ4n) is 3.27. The van der Waals surface area contributed by atoms with Gasteiger partial charge in [0.05, 0.1) is 35.6 Å². The molecule has 1 unspecified atom stereocenters. The summed E-state index contributed by atoms with van der Waals surface area (Å²) in [7, 11) is 1.36. The third-order valence-corrected chi connectivity index (χ3v) is 5.42. The molecule has 11 nitrogen and oxygen atoms in total. The van der Waals surface area contributed by atoms with Gasteiger partial charge in [-0.05, 0) is 36.3 Å². The molecular formula is C22H18Cl2FN7O4. The molecule has 0 radical (unpaired) electrons. The number of hydrazine groups is 1. The number of hydrogen-bond donors (Lipinski definition) is 3. The molecule has 14 heteroatoms. The third-order valence-electron chi connectivity index (χ3n) is 4.91. The third kappa shape index (κ3) is 5.39. The molecule has 3 aromatic heterocycles. The van der Waals surface area contributed by atoms with E-state index in [1.807, 2.05) is 0 Å². The number of benzene rings is 1. The highest BCUT2D eigenvalue weighted by Gasteiger charge is 2.20. The number of nitrogens with zero attached hydrogens (tertiary/aromatic N) is 4. The summed E-state index contributed by atoms with van der Waals surface area (Å²) >= 11 is 12.6. The first-order chi connectivity index (χ1) is 17.3. The Morgan fingerprint density at radius 3 is 2.67 bits per heavy atom. The van der Waals surface area contributed by atoms with Crippen LogP contribution in [0.25, 0.3) is 16.8 Å². The summed E-state index contributed by atoms with van der Waals surface area (Å²) in [6, 6.07) is 5.74. The molecule has 0 aliphatic rings. The Labute approximate surface area is 213 Å². The molecule has 4 aromatic rings. The summed E-state index contributed by atoms with van der Waals surface area (Å²) in [5.41, 5.74) is 5.65. The van der Waals surface area contributed by atoms with Crippen molar-refractivity contribution in [1.29, 1.82) is 0 Å². The fraction of sp³-hybridized carbons (Fsp3) is 0.136. The van der Waals surface area contributed by atoms with Gasteiger partial charge >= 0.3 is 11.9 Å². The average Bonchev–Trinajstić information content (AvgIpc) is 3.54. The van der Waals surface area contributed by atoms with E-state index in [9.17, 15) is 9.59 Å². The van der Waals surface area contributed by atoms with Gasteiger partial charge in [-0.1, -0.05) is 23.2 Å². The maximum Gasteiger partial charge on any atom is 0.334 e. The highest BCUT2D eigenvalue weighted by Crippen LogP contribution is 2.35. The van der Waals surface area contributed by atoms with E-state index in [2.05, 4.69) is 31.4 Å². The van der Waals surface area contributed by atoms with Gasteiger partial charge in [-0.25, -0.2) is 19.3 Å². The summed E-state index contributed by atoms with van der Waals surface area (Å²) in [6.45, 7) is 1.53. The predicted octanol–water partition coefficient (Wildman–Crippen LogP) is 4.08. The number of urea groups is 1. The van der Waals surface area contributed by atoms with Crippen molar-refractivity contribution in [3.8, 4) is 22.7 Å². The highest BCUT2D eigenvalue weighted by atomic mass is 35.5. The summed E-state index contributed by atoms with van der Waals surface area (Å²) in [6.07, 6.45) is 4.71. The molecule has 0 saturated carbocycles. The van der Waals surface area contributed by atoms with Gasteiger partial charge in [0.15, 0.2) is 0 Å². The number of aromatic nitrogens is 4. The largest absolute Gasteiger partial charge is 0.479 e. The molecule has 0 bridgehead atoms. The predicted molar refractivity (Wildman–Crippen MR) is 127 cm³/mol. The number of carbonyl (C=O) groups excluding carboxylic acids is 2. The lowest BCUT2D eigenvalue weighted by molar-refractivity contribution is 0.0898. The first kappa shape index (κ1) is 24.9. The van der Waals surface area contributed by atoms with Crippen molar-refractivity contribution in [2.24, 2.45) is 0 Å². The Hall–Kier alpha value is -4.16. The molecular weight excluding hydrogens is 516 g/mol. The van der Waals surface area contributed by atoms with Crippen molar-refractivity contribution in [3.05, 3.63) is 76.2 Å². The number of nitrogens with one attached hydrogen (secondary N) is 3. The van der Waals surface area contributed by atoms with E-state index in [4.69, 9.17) is 32.5 Å². The number of halogens is 3. The van der Waals surface area contributed by atoms with Gasteiger partial charge in [0.2, 0.25) is 5.76 Å². The Morgan fingerprint density at radius 1 is 1.19 bits per heavy atom. The van der Waals surface area contributed by atoms with Crippen molar-refractivity contribution >= 4 is 35.1 Å². The second-order valence-corrected chi connectivity index (χ2v) is 8.18. The van der Waals surface area contributed by atoms with Crippen LogP contribution in [0.1, 0.15) is 29.2 Å². The minimum Gasteiger partial charge on any atom is -0.479 e. The van der Waals surface area contributed by atoms with E-state index in [0.717, 1.165) is 0 Å². The Kier molecular flexibility index (Phi) is 7.36. The summed E-state index contributed by atoms with van der Waals surface area (Å²) < 4.78 is 26.2. The number of pyridine rings is 1. The number of rotatable bonds is 6. The van der Waals surface area contributed by atoms with Crippen LogP contribution in [-0.2, 0) is 0 Å². The quantitative estimate of drug-likeness (QED) is 0.317. The first-order valence-corrected chi connectivity index (χ1v) is 11.0. The van der Waals surface area contributed by atoms with Crippen LogP contribution in [0.4, 0.5) is 9.18 Å². The van der Waals surface area contributed by atoms with E-state index in [-0.39, 0.29) is 17.3 Å². The summed E-state index contributed by atoms with van der Waals surface area (Å²) in [5, 5.41) is 10.8. The normalized spacial score (nSPS) is 11.6. The van der Waals surface area contributed by atoms with Gasteiger partial charge in [-0.3, -0.25) is 15.2 Å². The highest BCUT2D eigenvalue weighted by molar-refractivity contribution is 6.36. The Bertz CT molecular complexity index is 1410. The molecule has 3 N–H and O–H groups in total. The average molecular weight is 534 g/mol. The molecule has 1 aromatic carbocycles. The number of carbonyl (C=O) groups is 2. The van der Waals surface area contributed by atoms with Gasteiger partial charge in [-0.2, -0.15) is 5.10 Å². The lowest BCUT2D eigenvalue weighted by atomic mass is 10.0. The van der Waals surface area contributed by atoms with Gasteiger partial charge < -0.3 is 14.6 Å². The van der Waals surface area contributed by atoms with E-state index in [1.165, 1.54) is 37.0 Å². The zero-order valence-electron chi connectivity index (χ0n) is 18.8. The zero-order valence-corrected chi connectivity index (χ0v) is 20.3. The molecule has 3 amide bonds. The lowest BCUT2D eigenvalue weighted by Crippen LogP contribution is -2.47. The van der Waals surface area contributed by atoms with Crippen LogP contribution < -0.4 is 20.9 Å². The lowest BCUT2D eigenvalue weighted by Gasteiger charge is -2.17. The molecule has 186 valence electrons. The van der Waals surface area contributed by atoms with E-state index in [1.54, 1.807) is 30.6 Å². The number of hydrogen-bond acceptors (Lipinski definition) is 7. The number of ether oxygens (including phenoxy) is 1. The molecule has 0 saturated heterocycles. The zero-order chi connectivity index (χ0) is 25.8. The van der Waals surface area contributed by atoms with Gasteiger partial charge in [0.25, 0.3) is 5.88 Å². The summed E-state index contributed by atoms with van der Waals surface area (Å²) in [4.78, 5) is 28.3. The summed E-state index contributed by atoms with van der Waals surface area (Å²) in [5.74, 6) is -1.53. The fourth-order valence-corrected chi connectivity index (χ4v) is 3.85. The van der Waals surface area contributed by atoms with Crippen LogP contribution in [0.3, 0.4) is 0 Å². The molecule has 4 rings (SSSR count).